The van der Waals surface area contributed by atoms with Crippen molar-refractivity contribution in [2.24, 2.45) is 0 Å². The highest BCUT2D eigenvalue weighted by molar-refractivity contribution is 7.16. The van der Waals surface area contributed by atoms with Crippen LogP contribution in [-0.2, 0) is 12.3 Å². The maximum absolute atomic E-state index is 8.29. The largest absolute Gasteiger partial charge is 0.402 e. The van der Waals surface area contributed by atoms with Gasteiger partial charge < -0.3 is 16.9 Å². The van der Waals surface area contributed by atoms with Crippen molar-refractivity contribution in [2.45, 2.75) is 0 Å². The number of aromatic nitrogens is 3. The maximum Gasteiger partial charge on any atom is 0.390 e. The van der Waals surface area contributed by atoms with Gasteiger partial charge in [-0.1, -0.05) is 243 Å². The third-order valence-corrected chi connectivity index (χ3v) is 28.1. The van der Waals surface area contributed by atoms with Crippen LogP contribution in [0.1, 0.15) is 0 Å². The summed E-state index contributed by atoms with van der Waals surface area (Å²) in [5, 5.41) is 10.7. The van der Waals surface area contributed by atoms with E-state index in [1.54, 1.807) is 0 Å². The first-order valence-corrected chi connectivity index (χ1v) is 30.6. The van der Waals surface area contributed by atoms with Crippen LogP contribution in [-0.4, -0.2) is 39.8 Å². The summed E-state index contributed by atoms with van der Waals surface area (Å²) >= 11 is 0. The number of benzene rings is 10. The van der Waals surface area contributed by atoms with Gasteiger partial charge in [0.15, 0.2) is 0 Å². The molecule has 1 fully saturated rings. The standard InChI is InChI=1S/C65H47N3O3Si3/c1-6-26-50(27-7-1)72(51-28-8-2-9-29-51)69-73(52-30-10-3-11-31-52,53-32-12-4-13-33-53)71-74(70-72,54-34-14-5-15-35-54)55-36-24-25-48(45-55)60-46-49(67-61-41-20-16-37-56(61)57-38-17-21-42-62(57)67)47-65(66-60)68-63-43-22-18-39-58(63)59-40-19-23-44-64(59)68/h1-47H. The molecule has 0 bridgehead atoms. The summed E-state index contributed by atoms with van der Waals surface area (Å²) in [6.07, 6.45) is 0. The van der Waals surface area contributed by atoms with E-state index >= 15 is 0 Å². The zero-order valence-corrected chi connectivity index (χ0v) is 43.2. The van der Waals surface area contributed by atoms with E-state index in [2.05, 4.69) is 294 Å². The number of rotatable bonds is 9. The minimum absolute atomic E-state index is 0.815. The molecule has 0 radical (unpaired) electrons. The predicted octanol–water partition coefficient (Wildman–Crippen LogP) is 11.1. The summed E-state index contributed by atoms with van der Waals surface area (Å²) in [4.78, 5) is 5.72. The van der Waals surface area contributed by atoms with Crippen molar-refractivity contribution in [3.8, 4) is 22.8 Å². The summed E-state index contributed by atoms with van der Waals surface area (Å²) < 4.78 is 29.4. The van der Waals surface area contributed by atoms with Crippen molar-refractivity contribution < 1.29 is 12.3 Å². The highest BCUT2D eigenvalue weighted by Gasteiger charge is 2.67. The number of hydrogen-bond donors (Lipinski definition) is 0. The van der Waals surface area contributed by atoms with Gasteiger partial charge in [0.25, 0.3) is 0 Å². The van der Waals surface area contributed by atoms with Crippen LogP contribution in [0.15, 0.2) is 285 Å². The first-order valence-electron chi connectivity index (χ1n) is 25.1. The predicted molar refractivity (Wildman–Crippen MR) is 309 cm³/mol. The molecule has 3 aromatic heterocycles. The highest BCUT2D eigenvalue weighted by Crippen LogP contribution is 2.38. The van der Waals surface area contributed by atoms with Crippen LogP contribution in [0.25, 0.3) is 66.4 Å². The molecule has 1 saturated heterocycles. The van der Waals surface area contributed by atoms with Crippen LogP contribution in [0.5, 0.6) is 0 Å². The molecule has 4 heterocycles. The Labute approximate surface area is 432 Å². The second-order valence-electron chi connectivity index (χ2n) is 18.9. The molecule has 0 saturated carbocycles. The maximum atomic E-state index is 8.29. The first kappa shape index (κ1) is 44.2. The van der Waals surface area contributed by atoms with Crippen molar-refractivity contribution in [3.05, 3.63) is 285 Å². The van der Waals surface area contributed by atoms with E-state index in [-0.39, 0.29) is 0 Å². The Bertz CT molecular complexity index is 3780. The molecule has 0 amide bonds. The zero-order chi connectivity index (χ0) is 49.1. The Morgan fingerprint density at radius 1 is 0.270 bits per heavy atom. The minimum atomic E-state index is -3.92. The normalized spacial score (nSPS) is 14.9. The average Bonchev–Trinajstić information content (AvgIpc) is 4.01. The van der Waals surface area contributed by atoms with Crippen LogP contribution in [0.4, 0.5) is 0 Å². The summed E-state index contributed by atoms with van der Waals surface area (Å²) in [5.74, 6) is 0.815. The van der Waals surface area contributed by atoms with Crippen molar-refractivity contribution in [1.29, 1.82) is 0 Å². The van der Waals surface area contributed by atoms with E-state index in [4.69, 9.17) is 17.3 Å². The molecule has 1 aliphatic heterocycles. The quantitative estimate of drug-likeness (QED) is 0.135. The Morgan fingerprint density at radius 3 is 0.959 bits per heavy atom. The fraction of sp³-hybridized carbons (Fsp3) is 0. The Morgan fingerprint density at radius 2 is 0.581 bits per heavy atom. The van der Waals surface area contributed by atoms with Crippen molar-refractivity contribution in [3.63, 3.8) is 0 Å². The lowest BCUT2D eigenvalue weighted by molar-refractivity contribution is 0.268. The summed E-state index contributed by atoms with van der Waals surface area (Å²) in [6.45, 7) is 0. The molecule has 74 heavy (non-hydrogen) atoms. The van der Waals surface area contributed by atoms with Gasteiger partial charge in [0.05, 0.1) is 33.4 Å². The number of para-hydroxylation sites is 4. The summed E-state index contributed by atoms with van der Waals surface area (Å²) in [5.41, 5.74) is 7.18. The molecular weight excluding hydrogens is 955 g/mol. The Balaban J connectivity index is 1.07. The molecule has 0 N–H and O–H groups in total. The molecule has 0 atom stereocenters. The zero-order valence-electron chi connectivity index (χ0n) is 40.2. The smallest absolute Gasteiger partial charge is 0.390 e. The lowest BCUT2D eigenvalue weighted by Crippen LogP contribution is -2.88. The molecule has 9 heteroatoms. The average molecular weight is 1000 g/mol. The Kier molecular flexibility index (Phi) is 10.7. The molecule has 0 spiro atoms. The van der Waals surface area contributed by atoms with Gasteiger partial charge in [-0.15, -0.1) is 0 Å². The van der Waals surface area contributed by atoms with Gasteiger partial charge in [0, 0.05) is 33.2 Å². The highest BCUT2D eigenvalue weighted by atomic mass is 28.5. The lowest BCUT2D eigenvalue weighted by Gasteiger charge is -2.53. The summed E-state index contributed by atoms with van der Waals surface area (Å²) in [7, 11) is -11.4. The van der Waals surface area contributed by atoms with Crippen LogP contribution >= 0.6 is 0 Å². The van der Waals surface area contributed by atoms with Crippen LogP contribution in [0.3, 0.4) is 0 Å². The molecule has 6 nitrogen and oxygen atoms in total. The second kappa shape index (κ2) is 17.9. The molecule has 0 aliphatic carbocycles. The Hall–Kier alpha value is -8.52. The molecule has 14 rings (SSSR count). The van der Waals surface area contributed by atoms with Crippen LogP contribution in [0, 0.1) is 0 Å². The van der Waals surface area contributed by atoms with Gasteiger partial charge in [-0.3, -0.25) is 4.57 Å². The van der Waals surface area contributed by atoms with E-state index in [9.17, 15) is 0 Å². The minimum Gasteiger partial charge on any atom is -0.402 e. The molecule has 352 valence electrons. The first-order chi connectivity index (χ1) is 36.6. The van der Waals surface area contributed by atoms with Gasteiger partial charge in [-0.05, 0) is 67.5 Å². The lowest BCUT2D eigenvalue weighted by atomic mass is 10.1. The van der Waals surface area contributed by atoms with Gasteiger partial charge >= 0.3 is 25.7 Å². The van der Waals surface area contributed by atoms with E-state index in [0.717, 1.165) is 75.9 Å². The van der Waals surface area contributed by atoms with Crippen molar-refractivity contribution in [2.75, 3.05) is 0 Å². The van der Waals surface area contributed by atoms with Gasteiger partial charge in [-0.25, -0.2) is 4.98 Å². The van der Waals surface area contributed by atoms with Crippen LogP contribution in [0.2, 0.25) is 0 Å². The third kappa shape index (κ3) is 7.05. The summed E-state index contributed by atoms with van der Waals surface area (Å²) in [6, 6.07) is 101. The van der Waals surface area contributed by atoms with Gasteiger partial charge in [-0.2, -0.15) is 0 Å². The molecule has 13 aromatic rings. The fourth-order valence-corrected chi connectivity index (χ4v) is 28.3. The number of fused-ring (bicyclic) bond motifs is 6. The van der Waals surface area contributed by atoms with Gasteiger partial charge in [0.1, 0.15) is 5.82 Å². The van der Waals surface area contributed by atoms with E-state index in [1.807, 2.05) is 0 Å². The molecule has 10 aromatic carbocycles. The monoisotopic (exact) mass is 1000 g/mol. The molecule has 1 aliphatic rings. The van der Waals surface area contributed by atoms with E-state index in [0.29, 0.717) is 0 Å². The topological polar surface area (TPSA) is 50.4 Å². The number of hydrogen-bond acceptors (Lipinski definition) is 4. The number of nitrogens with zero attached hydrogens (tertiary/aromatic N) is 3. The molecular formula is C65H47N3O3Si3. The van der Waals surface area contributed by atoms with Gasteiger partial charge in [0.2, 0.25) is 0 Å². The SMILES string of the molecule is c1ccc([Si]2(c3ccccc3)O[Si](c3ccccc3)(c3ccccc3)O[Si](c3ccccc3)(c3cccc(-c4cc(-n5c6ccccc6c6ccccc65)cc(-n5c6ccccc6c6ccccc65)n4)c3)O2)cc1. The fourth-order valence-electron chi connectivity index (χ4n) is 11.3. The van der Waals surface area contributed by atoms with Crippen molar-refractivity contribution >= 4 is 100 Å². The second-order valence-corrected chi connectivity index (χ2v) is 28.5. The molecule has 0 unspecified atom stereocenters. The van der Waals surface area contributed by atoms with E-state index in [1.165, 1.54) is 21.5 Å². The van der Waals surface area contributed by atoms with Crippen molar-refractivity contribution in [1.82, 2.24) is 14.1 Å². The van der Waals surface area contributed by atoms with E-state index < -0.39 is 25.7 Å². The van der Waals surface area contributed by atoms with Crippen LogP contribution < -0.4 is 31.1 Å². The number of pyridine rings is 1. The third-order valence-electron chi connectivity index (χ3n) is 14.6.